The Morgan fingerprint density at radius 2 is 1.55 bits per heavy atom. The molecule has 0 aliphatic carbocycles. The van der Waals surface area contributed by atoms with Gasteiger partial charge in [-0.3, -0.25) is 4.79 Å². The molecule has 1 saturated heterocycles. The normalized spacial score (nSPS) is 16.0. The monoisotopic (exact) mass is 454 g/mol. The molecule has 0 aromatic heterocycles. The van der Waals surface area contributed by atoms with E-state index >= 15 is 0 Å². The number of benzene rings is 2. The van der Waals surface area contributed by atoms with E-state index in [1.165, 1.54) is 16.4 Å². The minimum absolute atomic E-state index is 0.0721. The summed E-state index contributed by atoms with van der Waals surface area (Å²) < 4.78 is 27.3. The van der Waals surface area contributed by atoms with Crippen molar-refractivity contribution in [1.29, 1.82) is 0 Å². The van der Waals surface area contributed by atoms with Crippen molar-refractivity contribution in [3.8, 4) is 0 Å². The summed E-state index contributed by atoms with van der Waals surface area (Å²) in [5.41, 5.74) is 4.02. The van der Waals surface area contributed by atoms with Gasteiger partial charge in [0, 0.05) is 24.7 Å². The topological polar surface area (TPSA) is 66.5 Å². The van der Waals surface area contributed by atoms with Crippen LogP contribution in [0.2, 0.25) is 10.0 Å². The second-order valence-corrected chi connectivity index (χ2v) is 10.2. The molecular weight excluding hydrogens is 431 g/mol. The van der Waals surface area contributed by atoms with Crippen molar-refractivity contribution >= 4 is 44.8 Å². The van der Waals surface area contributed by atoms with Crippen LogP contribution < -0.4 is 5.32 Å². The molecule has 3 rings (SSSR count). The minimum atomic E-state index is -3.81. The number of hydrogen-bond donors (Lipinski definition) is 1. The molecule has 5 nitrogen and oxygen atoms in total. The third-order valence-corrected chi connectivity index (χ3v) is 8.12. The lowest BCUT2D eigenvalue weighted by molar-refractivity contribution is -0.120. The van der Waals surface area contributed by atoms with Crippen molar-refractivity contribution in [3.05, 3.63) is 57.1 Å². The van der Waals surface area contributed by atoms with Gasteiger partial charge in [0.2, 0.25) is 15.9 Å². The van der Waals surface area contributed by atoms with E-state index in [0.29, 0.717) is 12.8 Å². The van der Waals surface area contributed by atoms with Crippen LogP contribution in [0.15, 0.2) is 35.2 Å². The molecule has 1 N–H and O–H groups in total. The number of rotatable bonds is 4. The molecule has 8 heteroatoms. The standard InChI is InChI=1S/C21H24Cl2N2O3S/c1-13-11-14(2)19(15(3)12-13)24-21(26)16-7-9-25(10-8-16)29(27,28)20-17(22)5-4-6-18(20)23/h4-6,11-12,16H,7-10H2,1-3H3,(H,24,26). The number of carbonyl (C=O) groups is 1. The molecule has 1 aliphatic rings. The minimum Gasteiger partial charge on any atom is -0.325 e. The molecule has 1 heterocycles. The van der Waals surface area contributed by atoms with E-state index in [4.69, 9.17) is 23.2 Å². The van der Waals surface area contributed by atoms with Crippen LogP contribution in [0, 0.1) is 26.7 Å². The average Bonchev–Trinajstić information content (AvgIpc) is 2.64. The molecule has 0 saturated carbocycles. The number of anilines is 1. The second kappa shape index (κ2) is 8.64. The molecule has 0 spiro atoms. The van der Waals surface area contributed by atoms with Crippen molar-refractivity contribution < 1.29 is 13.2 Å². The number of sulfonamides is 1. The van der Waals surface area contributed by atoms with Crippen LogP contribution in [0.5, 0.6) is 0 Å². The Morgan fingerprint density at radius 3 is 2.07 bits per heavy atom. The van der Waals surface area contributed by atoms with Gasteiger partial charge >= 0.3 is 0 Å². The molecule has 29 heavy (non-hydrogen) atoms. The van der Waals surface area contributed by atoms with Crippen LogP contribution in [0.25, 0.3) is 0 Å². The van der Waals surface area contributed by atoms with Gasteiger partial charge < -0.3 is 5.32 Å². The molecule has 2 aromatic rings. The van der Waals surface area contributed by atoms with Crippen molar-refractivity contribution in [2.45, 2.75) is 38.5 Å². The van der Waals surface area contributed by atoms with Gasteiger partial charge in [-0.1, -0.05) is 47.0 Å². The molecule has 2 aromatic carbocycles. The Morgan fingerprint density at radius 1 is 1.03 bits per heavy atom. The smallest absolute Gasteiger partial charge is 0.246 e. The van der Waals surface area contributed by atoms with E-state index in [-0.39, 0.29) is 39.9 Å². The molecule has 1 aliphatic heterocycles. The van der Waals surface area contributed by atoms with Crippen molar-refractivity contribution in [2.24, 2.45) is 5.92 Å². The van der Waals surface area contributed by atoms with Gasteiger partial charge in [-0.25, -0.2) is 8.42 Å². The lowest BCUT2D eigenvalue weighted by Gasteiger charge is -2.31. The molecule has 0 radical (unpaired) electrons. The highest BCUT2D eigenvalue weighted by molar-refractivity contribution is 7.89. The molecule has 156 valence electrons. The maximum Gasteiger partial charge on any atom is 0.246 e. The predicted molar refractivity (Wildman–Crippen MR) is 117 cm³/mol. The lowest BCUT2D eigenvalue weighted by atomic mass is 9.96. The Hall–Kier alpha value is -1.60. The summed E-state index contributed by atoms with van der Waals surface area (Å²) in [6.07, 6.45) is 0.883. The van der Waals surface area contributed by atoms with Gasteiger partial charge in [-0.05, 0) is 56.9 Å². The van der Waals surface area contributed by atoms with E-state index in [1.54, 1.807) is 6.07 Å². The Labute approximate surface area is 182 Å². The summed E-state index contributed by atoms with van der Waals surface area (Å²) in [7, 11) is -3.81. The van der Waals surface area contributed by atoms with E-state index in [2.05, 4.69) is 5.32 Å². The molecular formula is C21H24Cl2N2O3S. The zero-order chi connectivity index (χ0) is 21.3. The number of nitrogens with zero attached hydrogens (tertiary/aromatic N) is 1. The quantitative estimate of drug-likeness (QED) is 0.709. The van der Waals surface area contributed by atoms with Crippen molar-refractivity contribution in [3.63, 3.8) is 0 Å². The van der Waals surface area contributed by atoms with E-state index in [0.717, 1.165) is 22.4 Å². The first kappa shape index (κ1) is 22.1. The van der Waals surface area contributed by atoms with Gasteiger partial charge in [0.05, 0.1) is 10.0 Å². The number of aryl methyl sites for hydroxylation is 3. The highest BCUT2D eigenvalue weighted by Gasteiger charge is 2.34. The van der Waals surface area contributed by atoms with Crippen LogP contribution in [-0.2, 0) is 14.8 Å². The number of carbonyl (C=O) groups excluding carboxylic acids is 1. The number of hydrogen-bond acceptors (Lipinski definition) is 3. The predicted octanol–water partition coefficient (Wildman–Crippen LogP) is 4.96. The Bertz CT molecular complexity index is 1000. The van der Waals surface area contributed by atoms with E-state index < -0.39 is 10.0 Å². The highest BCUT2D eigenvalue weighted by atomic mass is 35.5. The third kappa shape index (κ3) is 4.61. The first-order chi connectivity index (χ1) is 13.6. The Kier molecular flexibility index (Phi) is 6.58. The first-order valence-corrected chi connectivity index (χ1v) is 11.6. The fourth-order valence-corrected chi connectivity index (χ4v) is 6.38. The molecule has 0 bridgehead atoms. The number of amides is 1. The van der Waals surface area contributed by atoms with Gasteiger partial charge in [-0.2, -0.15) is 4.31 Å². The van der Waals surface area contributed by atoms with Gasteiger partial charge in [0.25, 0.3) is 0 Å². The zero-order valence-corrected chi connectivity index (χ0v) is 19.0. The van der Waals surface area contributed by atoms with Crippen molar-refractivity contribution in [1.82, 2.24) is 4.31 Å². The van der Waals surface area contributed by atoms with E-state index in [1.807, 2.05) is 32.9 Å². The van der Waals surface area contributed by atoms with Gasteiger partial charge in [0.1, 0.15) is 4.90 Å². The van der Waals surface area contributed by atoms with Gasteiger partial charge in [0.15, 0.2) is 0 Å². The fraction of sp³-hybridized carbons (Fsp3) is 0.381. The summed E-state index contributed by atoms with van der Waals surface area (Å²) >= 11 is 12.2. The summed E-state index contributed by atoms with van der Waals surface area (Å²) in [5.74, 6) is -0.323. The zero-order valence-electron chi connectivity index (χ0n) is 16.6. The number of nitrogens with one attached hydrogen (secondary N) is 1. The molecule has 0 unspecified atom stereocenters. The van der Waals surface area contributed by atoms with Crippen LogP contribution in [0.3, 0.4) is 0 Å². The largest absolute Gasteiger partial charge is 0.325 e. The summed E-state index contributed by atoms with van der Waals surface area (Å²) in [5, 5.41) is 3.23. The van der Waals surface area contributed by atoms with Gasteiger partial charge in [-0.15, -0.1) is 0 Å². The second-order valence-electron chi connectivity index (χ2n) is 7.49. The Balaban J connectivity index is 1.70. The average molecular weight is 455 g/mol. The third-order valence-electron chi connectivity index (χ3n) is 5.27. The SMILES string of the molecule is Cc1cc(C)c(NC(=O)C2CCN(S(=O)(=O)c3c(Cl)cccc3Cl)CC2)c(C)c1. The van der Waals surface area contributed by atoms with Crippen LogP contribution in [0.1, 0.15) is 29.5 Å². The molecule has 1 fully saturated rings. The molecule has 1 amide bonds. The lowest BCUT2D eigenvalue weighted by Crippen LogP contribution is -2.41. The maximum atomic E-state index is 13.0. The van der Waals surface area contributed by atoms with Crippen molar-refractivity contribution in [2.75, 3.05) is 18.4 Å². The highest BCUT2D eigenvalue weighted by Crippen LogP contribution is 2.33. The van der Waals surface area contributed by atoms with E-state index in [9.17, 15) is 13.2 Å². The number of piperidine rings is 1. The maximum absolute atomic E-state index is 13.0. The molecule has 0 atom stereocenters. The van der Waals surface area contributed by atoms with Crippen LogP contribution >= 0.6 is 23.2 Å². The summed E-state index contributed by atoms with van der Waals surface area (Å²) in [6, 6.07) is 8.69. The van der Waals surface area contributed by atoms with Crippen LogP contribution in [-0.4, -0.2) is 31.7 Å². The first-order valence-electron chi connectivity index (χ1n) is 9.44. The summed E-state index contributed by atoms with van der Waals surface area (Å²) in [4.78, 5) is 12.7. The fourth-order valence-electron chi connectivity index (χ4n) is 3.82. The summed E-state index contributed by atoms with van der Waals surface area (Å²) in [6.45, 7) is 6.45. The van der Waals surface area contributed by atoms with Crippen LogP contribution in [0.4, 0.5) is 5.69 Å². The number of halogens is 2.